The molecule has 0 saturated heterocycles. The minimum atomic E-state index is -0.519. The second-order valence-electron chi connectivity index (χ2n) is 4.98. The quantitative estimate of drug-likeness (QED) is 0.719. The van der Waals surface area contributed by atoms with Crippen molar-refractivity contribution in [2.75, 3.05) is 7.05 Å². The summed E-state index contributed by atoms with van der Waals surface area (Å²) >= 11 is 3.11. The molecule has 0 heterocycles. The van der Waals surface area contributed by atoms with Crippen molar-refractivity contribution in [2.24, 2.45) is 0 Å². The zero-order chi connectivity index (χ0) is 15.2. The summed E-state index contributed by atoms with van der Waals surface area (Å²) in [7, 11) is 1.73. The van der Waals surface area contributed by atoms with Gasteiger partial charge in [0.2, 0.25) is 0 Å². The van der Waals surface area contributed by atoms with Gasteiger partial charge in [-0.2, -0.15) is 0 Å². The summed E-state index contributed by atoms with van der Waals surface area (Å²) < 4.78 is 28.3. The molecule has 0 spiro atoms. The Bertz CT molecular complexity index is 587. The fraction of sp³-hybridized carbons (Fsp3) is 0.294. The van der Waals surface area contributed by atoms with Crippen LogP contribution in [0.2, 0.25) is 0 Å². The lowest BCUT2D eigenvalue weighted by Gasteiger charge is -2.18. The third-order valence-electron chi connectivity index (χ3n) is 3.58. The largest absolute Gasteiger partial charge is 0.313 e. The first-order chi connectivity index (χ1) is 10.1. The topological polar surface area (TPSA) is 12.0 Å². The van der Waals surface area contributed by atoms with Gasteiger partial charge >= 0.3 is 0 Å². The van der Waals surface area contributed by atoms with Crippen molar-refractivity contribution in [1.29, 1.82) is 0 Å². The lowest BCUT2D eigenvalue weighted by Crippen LogP contribution is -2.19. The van der Waals surface area contributed by atoms with Crippen LogP contribution in [0.3, 0.4) is 0 Å². The smallest absolute Gasteiger partial charge is 0.145 e. The van der Waals surface area contributed by atoms with Crippen LogP contribution in [0.5, 0.6) is 0 Å². The van der Waals surface area contributed by atoms with Gasteiger partial charge in [0.25, 0.3) is 0 Å². The lowest BCUT2D eigenvalue weighted by molar-refractivity contribution is 0.460. The zero-order valence-corrected chi connectivity index (χ0v) is 13.5. The standard InChI is InChI=1S/C17H18BrF2N/c1-21-15(9-5-8-12-6-3-2-4-7-12)16-14(19)11-10-13(18)17(16)20/h2-4,6-7,10-11,15,21H,5,8-9H2,1H3. The zero-order valence-electron chi connectivity index (χ0n) is 11.9. The Morgan fingerprint density at radius 3 is 2.48 bits per heavy atom. The van der Waals surface area contributed by atoms with Gasteiger partial charge < -0.3 is 5.32 Å². The Morgan fingerprint density at radius 2 is 1.81 bits per heavy atom. The van der Waals surface area contributed by atoms with Gasteiger partial charge in [0.05, 0.1) is 4.47 Å². The highest BCUT2D eigenvalue weighted by molar-refractivity contribution is 9.10. The number of aryl methyl sites for hydroxylation is 1. The highest BCUT2D eigenvalue weighted by Gasteiger charge is 2.20. The normalized spacial score (nSPS) is 12.4. The van der Waals surface area contributed by atoms with Crippen LogP contribution in [0.4, 0.5) is 8.78 Å². The number of benzene rings is 2. The third kappa shape index (κ3) is 4.11. The number of rotatable bonds is 6. The van der Waals surface area contributed by atoms with Gasteiger partial charge in [0.1, 0.15) is 11.6 Å². The maximum absolute atomic E-state index is 14.1. The average molecular weight is 354 g/mol. The van der Waals surface area contributed by atoms with E-state index in [9.17, 15) is 8.78 Å². The molecule has 112 valence electrons. The molecule has 1 unspecified atom stereocenters. The Hall–Kier alpha value is -1.26. The number of hydrogen-bond donors (Lipinski definition) is 1. The third-order valence-corrected chi connectivity index (χ3v) is 4.19. The SMILES string of the molecule is CNC(CCCc1ccccc1)c1c(F)ccc(Br)c1F. The van der Waals surface area contributed by atoms with Crippen molar-refractivity contribution in [3.8, 4) is 0 Å². The molecule has 0 aromatic heterocycles. The van der Waals surface area contributed by atoms with Crippen molar-refractivity contribution in [3.63, 3.8) is 0 Å². The molecule has 1 atom stereocenters. The first kappa shape index (κ1) is 16.1. The Labute approximate surface area is 132 Å². The monoisotopic (exact) mass is 353 g/mol. The average Bonchev–Trinajstić information content (AvgIpc) is 2.50. The first-order valence-corrected chi connectivity index (χ1v) is 7.77. The van der Waals surface area contributed by atoms with Crippen LogP contribution in [-0.2, 0) is 6.42 Å². The van der Waals surface area contributed by atoms with Crippen LogP contribution in [0.25, 0.3) is 0 Å². The van der Waals surface area contributed by atoms with Gasteiger partial charge in [-0.15, -0.1) is 0 Å². The first-order valence-electron chi connectivity index (χ1n) is 6.98. The summed E-state index contributed by atoms with van der Waals surface area (Å²) in [6.07, 6.45) is 2.44. The van der Waals surface area contributed by atoms with Gasteiger partial charge in [-0.25, -0.2) is 8.78 Å². The summed E-state index contributed by atoms with van der Waals surface area (Å²) in [6.45, 7) is 0. The fourth-order valence-electron chi connectivity index (χ4n) is 2.45. The lowest BCUT2D eigenvalue weighted by atomic mass is 9.98. The molecule has 2 aromatic carbocycles. The van der Waals surface area contributed by atoms with E-state index in [1.54, 1.807) is 7.05 Å². The fourth-order valence-corrected chi connectivity index (χ4v) is 2.80. The van der Waals surface area contributed by atoms with E-state index < -0.39 is 11.6 Å². The van der Waals surface area contributed by atoms with Crippen molar-refractivity contribution in [1.82, 2.24) is 5.32 Å². The molecule has 21 heavy (non-hydrogen) atoms. The molecule has 1 nitrogen and oxygen atoms in total. The van der Waals surface area contributed by atoms with E-state index in [2.05, 4.69) is 33.4 Å². The van der Waals surface area contributed by atoms with E-state index in [0.717, 1.165) is 12.8 Å². The number of nitrogens with one attached hydrogen (secondary N) is 1. The van der Waals surface area contributed by atoms with Gasteiger partial charge in [-0.05, 0) is 59.9 Å². The minimum absolute atomic E-state index is 0.111. The van der Waals surface area contributed by atoms with Gasteiger partial charge in [-0.3, -0.25) is 0 Å². The van der Waals surface area contributed by atoms with Crippen LogP contribution in [-0.4, -0.2) is 7.05 Å². The summed E-state index contributed by atoms with van der Waals surface area (Å²) in [5.74, 6) is -1.02. The van der Waals surface area contributed by atoms with E-state index in [1.165, 1.54) is 17.7 Å². The molecule has 0 bridgehead atoms. The minimum Gasteiger partial charge on any atom is -0.313 e. The summed E-state index contributed by atoms with van der Waals surface area (Å²) in [5.41, 5.74) is 1.35. The molecule has 0 fully saturated rings. The molecule has 0 radical (unpaired) electrons. The summed E-state index contributed by atoms with van der Waals surface area (Å²) in [5, 5.41) is 3.01. The number of halogens is 3. The van der Waals surface area contributed by atoms with E-state index in [1.807, 2.05) is 18.2 Å². The molecule has 1 N–H and O–H groups in total. The molecular weight excluding hydrogens is 336 g/mol. The van der Waals surface area contributed by atoms with Gasteiger partial charge in [0.15, 0.2) is 0 Å². The highest BCUT2D eigenvalue weighted by Crippen LogP contribution is 2.29. The summed E-state index contributed by atoms with van der Waals surface area (Å²) in [6, 6.07) is 12.5. The predicted molar refractivity (Wildman–Crippen MR) is 85.2 cm³/mol. The Kier molecular flexibility index (Phi) is 5.88. The van der Waals surface area contributed by atoms with Crippen molar-refractivity contribution in [3.05, 3.63) is 69.7 Å². The molecule has 0 amide bonds. The van der Waals surface area contributed by atoms with Crippen molar-refractivity contribution < 1.29 is 8.78 Å². The Balaban J connectivity index is 2.05. The van der Waals surface area contributed by atoms with Crippen LogP contribution in [0.15, 0.2) is 46.9 Å². The molecule has 0 saturated carbocycles. The van der Waals surface area contributed by atoms with Crippen LogP contribution in [0, 0.1) is 11.6 Å². The maximum atomic E-state index is 14.1. The predicted octanol–water partition coefficient (Wildman–Crippen LogP) is 5.01. The van der Waals surface area contributed by atoms with Crippen LogP contribution >= 0.6 is 15.9 Å². The second-order valence-corrected chi connectivity index (χ2v) is 5.83. The van der Waals surface area contributed by atoms with Gasteiger partial charge in [-0.1, -0.05) is 30.3 Å². The molecule has 0 aliphatic carbocycles. The molecular formula is C17H18BrF2N. The van der Waals surface area contributed by atoms with E-state index in [0.29, 0.717) is 10.9 Å². The molecule has 0 aliphatic rings. The van der Waals surface area contributed by atoms with Crippen LogP contribution in [0.1, 0.15) is 30.0 Å². The van der Waals surface area contributed by atoms with E-state index in [-0.39, 0.29) is 11.6 Å². The molecule has 4 heteroatoms. The van der Waals surface area contributed by atoms with E-state index >= 15 is 0 Å². The molecule has 2 aromatic rings. The molecule has 2 rings (SSSR count). The van der Waals surface area contributed by atoms with Gasteiger partial charge in [0, 0.05) is 11.6 Å². The maximum Gasteiger partial charge on any atom is 0.145 e. The van der Waals surface area contributed by atoms with Crippen molar-refractivity contribution in [2.45, 2.75) is 25.3 Å². The molecule has 0 aliphatic heterocycles. The van der Waals surface area contributed by atoms with Crippen molar-refractivity contribution >= 4 is 15.9 Å². The summed E-state index contributed by atoms with van der Waals surface area (Å²) in [4.78, 5) is 0. The second kappa shape index (κ2) is 7.66. The highest BCUT2D eigenvalue weighted by atomic mass is 79.9. The Morgan fingerprint density at radius 1 is 1.10 bits per heavy atom. The van der Waals surface area contributed by atoms with E-state index in [4.69, 9.17) is 0 Å². The van der Waals surface area contributed by atoms with Crippen LogP contribution < -0.4 is 5.32 Å². The number of hydrogen-bond acceptors (Lipinski definition) is 1.